The van der Waals surface area contributed by atoms with E-state index >= 15 is 0 Å². The maximum absolute atomic E-state index is 5.23. The molecule has 1 atom stereocenters. The molecule has 0 bridgehead atoms. The molecule has 1 unspecified atom stereocenters. The largest absolute Gasteiger partial charge is 0.330 e. The van der Waals surface area contributed by atoms with Gasteiger partial charge in [-0.25, -0.2) is 0 Å². The van der Waals surface area contributed by atoms with Gasteiger partial charge in [-0.15, -0.1) is 0 Å². The predicted molar refractivity (Wildman–Crippen MR) is 31.6 cm³/mol. The lowest BCUT2D eigenvalue weighted by Gasteiger charge is -1.95. The lowest BCUT2D eigenvalue weighted by Crippen LogP contribution is -2.00. The molecule has 36 valence electrons. The molecular weight excluding hydrogens is 72.9 g/mol. The average molecular weight is 85.0 g/mol. The summed E-state index contributed by atoms with van der Waals surface area (Å²) in [7, 11) is 2.17. The zero-order valence-electron chi connectivity index (χ0n) is 4.57. The minimum atomic E-state index is 0.773. The summed E-state index contributed by atoms with van der Waals surface area (Å²) in [6.45, 7) is 3.00. The van der Waals surface area contributed by atoms with E-state index < -0.39 is 0 Å². The van der Waals surface area contributed by atoms with Crippen LogP contribution < -0.4 is 5.73 Å². The average Bonchev–Trinajstić information content (AvgIpc) is 1.35. The third-order valence-corrected chi connectivity index (χ3v) is 0.744. The van der Waals surface area contributed by atoms with E-state index in [0.29, 0.717) is 0 Å². The lowest BCUT2D eigenvalue weighted by atomic mass is 9.87. The zero-order chi connectivity index (χ0) is 4.99. The van der Waals surface area contributed by atoms with Gasteiger partial charge in [0.1, 0.15) is 7.85 Å². The Balaban J connectivity index is 2.63. The monoisotopic (exact) mass is 85.1 g/mol. The number of nitrogens with two attached hydrogens (primary N) is 1. The summed E-state index contributed by atoms with van der Waals surface area (Å²) in [5, 5.41) is 0. The molecule has 0 spiro atoms. The van der Waals surface area contributed by atoms with E-state index in [0.717, 1.165) is 18.8 Å². The van der Waals surface area contributed by atoms with Crippen LogP contribution in [0.1, 0.15) is 13.3 Å². The fraction of sp³-hybridized carbons (Fsp3) is 1.00. The van der Waals surface area contributed by atoms with Crippen LogP contribution in [0.25, 0.3) is 0 Å². The molecule has 6 heavy (non-hydrogen) atoms. The van der Waals surface area contributed by atoms with Crippen molar-refractivity contribution in [3.63, 3.8) is 0 Å². The minimum absolute atomic E-state index is 0.773. The van der Waals surface area contributed by atoms with Gasteiger partial charge in [-0.2, -0.15) is 0 Å². The highest BCUT2D eigenvalue weighted by Gasteiger charge is 1.86. The minimum Gasteiger partial charge on any atom is -0.330 e. The summed E-state index contributed by atoms with van der Waals surface area (Å²) < 4.78 is 0. The summed E-state index contributed by atoms with van der Waals surface area (Å²) in [6, 6.07) is 0. The van der Waals surface area contributed by atoms with Crippen molar-refractivity contribution in [2.24, 2.45) is 5.73 Å². The van der Waals surface area contributed by atoms with Crippen molar-refractivity contribution in [3.05, 3.63) is 0 Å². The summed E-state index contributed by atoms with van der Waals surface area (Å²) in [5.74, 6) is 0.773. The zero-order valence-corrected chi connectivity index (χ0v) is 4.57. The number of rotatable bonds is 2. The van der Waals surface area contributed by atoms with Gasteiger partial charge in [0.25, 0.3) is 0 Å². The van der Waals surface area contributed by atoms with Crippen molar-refractivity contribution in [2.75, 3.05) is 6.54 Å². The van der Waals surface area contributed by atoms with Crippen LogP contribution in [0.4, 0.5) is 0 Å². The first-order chi connectivity index (χ1) is 2.77. The Kier molecular flexibility index (Phi) is 3.24. The summed E-state index contributed by atoms with van der Waals surface area (Å²) in [6.07, 6.45) is 1.15. The van der Waals surface area contributed by atoms with E-state index in [9.17, 15) is 0 Å². The van der Waals surface area contributed by atoms with Crippen LogP contribution in [0.5, 0.6) is 0 Å². The molecule has 0 fully saturated rings. The van der Waals surface area contributed by atoms with Crippen LogP contribution in [0, 0.1) is 0 Å². The molecule has 0 saturated carbocycles. The van der Waals surface area contributed by atoms with Crippen molar-refractivity contribution < 1.29 is 0 Å². The van der Waals surface area contributed by atoms with Crippen molar-refractivity contribution in [2.45, 2.75) is 19.2 Å². The number of hydrogen-bond donors (Lipinski definition) is 1. The molecule has 1 nitrogen and oxygen atoms in total. The first-order valence-electron chi connectivity index (χ1n) is 2.47. The molecule has 0 aliphatic carbocycles. The highest BCUT2D eigenvalue weighted by atomic mass is 14.5. The molecule has 2 heteroatoms. The molecule has 0 aromatic carbocycles. The van der Waals surface area contributed by atoms with E-state index in [1.54, 1.807) is 0 Å². The SMILES string of the molecule is BC(C)CCN. The van der Waals surface area contributed by atoms with Gasteiger partial charge in [0.05, 0.1) is 0 Å². The topological polar surface area (TPSA) is 26.0 Å². The van der Waals surface area contributed by atoms with Crippen molar-refractivity contribution in [1.82, 2.24) is 0 Å². The van der Waals surface area contributed by atoms with Crippen LogP contribution in [-0.4, -0.2) is 14.4 Å². The number of hydrogen-bond acceptors (Lipinski definition) is 1. The van der Waals surface area contributed by atoms with Crippen LogP contribution in [-0.2, 0) is 0 Å². The Hall–Kier alpha value is 0.0249. The highest BCUT2D eigenvalue weighted by molar-refractivity contribution is 6.11. The predicted octanol–water partition coefficient (Wildman–Crippen LogP) is -0.223. The fourth-order valence-corrected chi connectivity index (χ4v) is 0.333. The standard InChI is InChI=1S/C4H12BN/c1-4(5)2-3-6/h4H,2-3,5-6H2,1H3. The molecule has 2 N–H and O–H groups in total. The summed E-state index contributed by atoms with van der Waals surface area (Å²) in [4.78, 5) is 0. The Bertz CT molecular complexity index is 28.7. The van der Waals surface area contributed by atoms with E-state index in [2.05, 4.69) is 14.8 Å². The molecular formula is C4H12BN. The second-order valence-corrected chi connectivity index (χ2v) is 1.97. The molecule has 0 aromatic rings. The van der Waals surface area contributed by atoms with E-state index in [1.807, 2.05) is 0 Å². The van der Waals surface area contributed by atoms with Gasteiger partial charge in [0.2, 0.25) is 0 Å². The third-order valence-electron chi connectivity index (χ3n) is 0.744. The van der Waals surface area contributed by atoms with Crippen LogP contribution in [0.15, 0.2) is 0 Å². The van der Waals surface area contributed by atoms with E-state index in [1.165, 1.54) is 0 Å². The molecule has 0 heterocycles. The Morgan fingerprint density at radius 3 is 2.33 bits per heavy atom. The molecule has 0 amide bonds. The van der Waals surface area contributed by atoms with Crippen molar-refractivity contribution in [3.8, 4) is 0 Å². The second-order valence-electron chi connectivity index (χ2n) is 1.97. The Morgan fingerprint density at radius 1 is 1.83 bits per heavy atom. The molecule has 0 radical (unpaired) electrons. The normalized spacial score (nSPS) is 14.3. The van der Waals surface area contributed by atoms with Crippen LogP contribution in [0.3, 0.4) is 0 Å². The van der Waals surface area contributed by atoms with Gasteiger partial charge >= 0.3 is 0 Å². The van der Waals surface area contributed by atoms with E-state index in [4.69, 9.17) is 5.73 Å². The van der Waals surface area contributed by atoms with Crippen molar-refractivity contribution in [1.29, 1.82) is 0 Å². The molecule has 0 aliphatic rings. The quantitative estimate of drug-likeness (QED) is 0.461. The van der Waals surface area contributed by atoms with Gasteiger partial charge in [-0.1, -0.05) is 12.7 Å². The molecule has 0 saturated heterocycles. The second kappa shape index (κ2) is 3.22. The smallest absolute Gasteiger partial charge is 0.105 e. The van der Waals surface area contributed by atoms with Gasteiger partial charge in [-0.3, -0.25) is 0 Å². The van der Waals surface area contributed by atoms with E-state index in [-0.39, 0.29) is 0 Å². The lowest BCUT2D eigenvalue weighted by molar-refractivity contribution is 0.804. The van der Waals surface area contributed by atoms with Gasteiger partial charge in [-0.05, 0) is 13.0 Å². The van der Waals surface area contributed by atoms with Gasteiger partial charge < -0.3 is 5.73 Å². The van der Waals surface area contributed by atoms with Crippen LogP contribution in [0.2, 0.25) is 5.82 Å². The highest BCUT2D eigenvalue weighted by Crippen LogP contribution is 1.97. The third kappa shape index (κ3) is 4.02. The summed E-state index contributed by atoms with van der Waals surface area (Å²) in [5.41, 5.74) is 5.23. The molecule has 0 rings (SSSR count). The molecule has 0 aromatic heterocycles. The Morgan fingerprint density at radius 2 is 2.33 bits per heavy atom. The Labute approximate surface area is 40.3 Å². The van der Waals surface area contributed by atoms with Gasteiger partial charge in [0, 0.05) is 0 Å². The first kappa shape index (κ1) is 6.02. The maximum Gasteiger partial charge on any atom is 0.105 e. The maximum atomic E-state index is 5.23. The molecule has 0 aliphatic heterocycles. The van der Waals surface area contributed by atoms with Crippen LogP contribution >= 0.6 is 0 Å². The fourth-order valence-electron chi connectivity index (χ4n) is 0.333. The van der Waals surface area contributed by atoms with Gasteiger partial charge in [0.15, 0.2) is 0 Å². The first-order valence-corrected chi connectivity index (χ1v) is 2.47. The summed E-state index contributed by atoms with van der Waals surface area (Å²) >= 11 is 0. The van der Waals surface area contributed by atoms with Crippen molar-refractivity contribution >= 4 is 7.85 Å².